The summed E-state index contributed by atoms with van der Waals surface area (Å²) in [4.78, 5) is 0. The van der Waals surface area contributed by atoms with Gasteiger partial charge in [0.05, 0.1) is 0 Å². The summed E-state index contributed by atoms with van der Waals surface area (Å²) < 4.78 is 0. The van der Waals surface area contributed by atoms with Crippen LogP contribution < -0.4 is 10.6 Å². The fourth-order valence-corrected chi connectivity index (χ4v) is 4.11. The number of nitrogens with one attached hydrogen (secondary N) is 2. The van der Waals surface area contributed by atoms with Crippen LogP contribution in [-0.2, 0) is 5.41 Å². The van der Waals surface area contributed by atoms with E-state index in [0.717, 1.165) is 6.04 Å². The molecule has 2 nitrogen and oxygen atoms in total. The highest BCUT2D eigenvalue weighted by Crippen LogP contribution is 2.50. The van der Waals surface area contributed by atoms with Gasteiger partial charge in [-0.05, 0) is 68.7 Å². The molecule has 2 heteroatoms. The second kappa shape index (κ2) is 4.32. The number of rotatable bonds is 2. The van der Waals surface area contributed by atoms with Gasteiger partial charge >= 0.3 is 0 Å². The summed E-state index contributed by atoms with van der Waals surface area (Å²) in [6.45, 7) is 4.60. The highest BCUT2D eigenvalue weighted by atomic mass is 15.0. The first-order chi connectivity index (χ1) is 9.27. The highest BCUT2D eigenvalue weighted by molar-refractivity contribution is 5.45. The molecule has 1 aromatic carbocycles. The Morgan fingerprint density at radius 3 is 2.74 bits per heavy atom. The Balaban J connectivity index is 1.72. The lowest BCUT2D eigenvalue weighted by Gasteiger charge is -2.35. The van der Waals surface area contributed by atoms with Gasteiger partial charge in [0.1, 0.15) is 0 Å². The number of piperidine rings is 1. The molecule has 0 bridgehead atoms. The summed E-state index contributed by atoms with van der Waals surface area (Å²) in [5.74, 6) is 0. The molecule has 102 valence electrons. The lowest BCUT2D eigenvalue weighted by atomic mass is 9.74. The molecular weight excluding hydrogens is 232 g/mol. The Morgan fingerprint density at radius 2 is 2.00 bits per heavy atom. The minimum Gasteiger partial charge on any atom is -0.317 e. The van der Waals surface area contributed by atoms with Gasteiger partial charge in [0, 0.05) is 12.1 Å². The van der Waals surface area contributed by atoms with Crippen LogP contribution in [-0.4, -0.2) is 19.1 Å². The molecule has 1 aromatic rings. The first-order valence-electron chi connectivity index (χ1n) is 7.85. The van der Waals surface area contributed by atoms with E-state index < -0.39 is 0 Å². The van der Waals surface area contributed by atoms with Crippen LogP contribution in [0.4, 0.5) is 0 Å². The van der Waals surface area contributed by atoms with E-state index >= 15 is 0 Å². The molecule has 1 atom stereocenters. The van der Waals surface area contributed by atoms with E-state index in [2.05, 4.69) is 35.8 Å². The van der Waals surface area contributed by atoms with Gasteiger partial charge in [0.2, 0.25) is 0 Å². The van der Waals surface area contributed by atoms with Crippen LogP contribution in [0.1, 0.15) is 54.8 Å². The monoisotopic (exact) mass is 256 g/mol. The topological polar surface area (TPSA) is 24.1 Å². The third-order valence-electron chi connectivity index (χ3n) is 5.33. The van der Waals surface area contributed by atoms with Crippen LogP contribution in [0.3, 0.4) is 0 Å². The largest absolute Gasteiger partial charge is 0.317 e. The van der Waals surface area contributed by atoms with Crippen molar-refractivity contribution >= 4 is 0 Å². The Kier molecular flexibility index (Phi) is 2.71. The number of hydrogen-bond acceptors (Lipinski definition) is 2. The number of fused-ring (bicyclic) bond motifs is 2. The van der Waals surface area contributed by atoms with Gasteiger partial charge in [-0.3, -0.25) is 0 Å². The van der Waals surface area contributed by atoms with Crippen molar-refractivity contribution in [3.8, 4) is 0 Å². The van der Waals surface area contributed by atoms with Crippen molar-refractivity contribution in [3.05, 3.63) is 34.9 Å². The minimum absolute atomic E-state index is 0.458. The van der Waals surface area contributed by atoms with Gasteiger partial charge in [0.15, 0.2) is 0 Å². The number of benzene rings is 1. The molecule has 3 aliphatic rings. The summed E-state index contributed by atoms with van der Waals surface area (Å²) in [7, 11) is 0. The van der Waals surface area contributed by atoms with Crippen LogP contribution in [0.15, 0.2) is 18.2 Å². The average Bonchev–Trinajstić information content (AvgIpc) is 3.18. The van der Waals surface area contributed by atoms with Gasteiger partial charge in [0.25, 0.3) is 0 Å². The SMILES string of the molecule is Cc1ccc2c(c1)C1(CCNCC1)C[C@H]2NC1CC1. The summed E-state index contributed by atoms with van der Waals surface area (Å²) in [5, 5.41) is 7.41. The third-order valence-corrected chi connectivity index (χ3v) is 5.33. The van der Waals surface area contributed by atoms with E-state index in [1.54, 1.807) is 11.1 Å². The molecule has 19 heavy (non-hydrogen) atoms. The van der Waals surface area contributed by atoms with Crippen molar-refractivity contribution in [2.24, 2.45) is 0 Å². The van der Waals surface area contributed by atoms with Crippen LogP contribution >= 0.6 is 0 Å². The molecule has 1 saturated carbocycles. The van der Waals surface area contributed by atoms with E-state index in [1.807, 2.05) is 0 Å². The first kappa shape index (κ1) is 11.9. The van der Waals surface area contributed by atoms with Crippen molar-refractivity contribution in [1.82, 2.24) is 10.6 Å². The van der Waals surface area contributed by atoms with E-state index in [1.165, 1.54) is 50.8 Å². The Hall–Kier alpha value is -0.860. The van der Waals surface area contributed by atoms with Gasteiger partial charge in [-0.25, -0.2) is 0 Å². The first-order valence-corrected chi connectivity index (χ1v) is 7.85. The zero-order valence-corrected chi connectivity index (χ0v) is 11.8. The van der Waals surface area contributed by atoms with E-state index in [4.69, 9.17) is 0 Å². The Labute approximate surface area is 116 Å². The van der Waals surface area contributed by atoms with Gasteiger partial charge in [-0.2, -0.15) is 0 Å². The number of hydrogen-bond donors (Lipinski definition) is 2. The van der Waals surface area contributed by atoms with Gasteiger partial charge in [-0.15, -0.1) is 0 Å². The zero-order chi connectivity index (χ0) is 12.9. The van der Waals surface area contributed by atoms with Gasteiger partial charge in [-0.1, -0.05) is 23.8 Å². The maximum atomic E-state index is 3.88. The molecule has 1 saturated heterocycles. The fourth-order valence-electron chi connectivity index (χ4n) is 4.11. The van der Waals surface area contributed by atoms with Crippen molar-refractivity contribution < 1.29 is 0 Å². The predicted molar refractivity (Wildman–Crippen MR) is 78.5 cm³/mol. The van der Waals surface area contributed by atoms with E-state index in [0.29, 0.717) is 11.5 Å². The third kappa shape index (κ3) is 2.02. The Morgan fingerprint density at radius 1 is 1.21 bits per heavy atom. The highest BCUT2D eigenvalue weighted by Gasteiger charge is 2.45. The lowest BCUT2D eigenvalue weighted by Crippen LogP contribution is -2.39. The summed E-state index contributed by atoms with van der Waals surface area (Å²) in [6.07, 6.45) is 6.71. The Bertz CT molecular complexity index is 484. The molecular formula is C17H24N2. The molecule has 0 aromatic heterocycles. The summed E-state index contributed by atoms with van der Waals surface area (Å²) >= 11 is 0. The molecule has 0 unspecified atom stereocenters. The zero-order valence-electron chi connectivity index (χ0n) is 11.8. The molecule has 2 aliphatic carbocycles. The average molecular weight is 256 g/mol. The van der Waals surface area contributed by atoms with Crippen LogP contribution in [0.5, 0.6) is 0 Å². The van der Waals surface area contributed by atoms with E-state index in [9.17, 15) is 0 Å². The van der Waals surface area contributed by atoms with Crippen molar-refractivity contribution in [2.45, 2.75) is 56.5 Å². The van der Waals surface area contributed by atoms with E-state index in [-0.39, 0.29) is 0 Å². The standard InChI is InChI=1S/C17H24N2/c1-12-2-5-14-15(10-12)17(6-8-18-9-7-17)11-16(14)19-13-3-4-13/h2,5,10,13,16,18-19H,3-4,6-9,11H2,1H3/t16-/m1/s1. The molecule has 1 heterocycles. The summed E-state index contributed by atoms with van der Waals surface area (Å²) in [6, 6.07) is 8.56. The molecule has 4 rings (SSSR count). The fraction of sp³-hybridized carbons (Fsp3) is 0.647. The molecule has 2 fully saturated rings. The van der Waals surface area contributed by atoms with Crippen LogP contribution in [0.2, 0.25) is 0 Å². The second-order valence-electron chi connectivity index (χ2n) is 6.82. The normalized spacial score (nSPS) is 28.6. The molecule has 1 aliphatic heterocycles. The molecule has 0 radical (unpaired) electrons. The lowest BCUT2D eigenvalue weighted by molar-refractivity contribution is 0.282. The van der Waals surface area contributed by atoms with Crippen molar-refractivity contribution in [3.63, 3.8) is 0 Å². The molecule has 0 amide bonds. The molecule has 1 spiro atoms. The van der Waals surface area contributed by atoms with Crippen LogP contribution in [0, 0.1) is 6.92 Å². The maximum Gasteiger partial charge on any atom is 0.0334 e. The predicted octanol–water partition coefficient (Wildman–Crippen LogP) is 2.81. The maximum absolute atomic E-state index is 3.88. The smallest absolute Gasteiger partial charge is 0.0334 e. The summed E-state index contributed by atoms with van der Waals surface area (Å²) in [5.41, 5.74) is 5.13. The molecule has 2 N–H and O–H groups in total. The quantitative estimate of drug-likeness (QED) is 0.850. The van der Waals surface area contributed by atoms with Crippen molar-refractivity contribution in [1.29, 1.82) is 0 Å². The second-order valence-corrected chi connectivity index (χ2v) is 6.82. The van der Waals surface area contributed by atoms with Gasteiger partial charge < -0.3 is 10.6 Å². The van der Waals surface area contributed by atoms with Crippen molar-refractivity contribution in [2.75, 3.05) is 13.1 Å². The number of aryl methyl sites for hydroxylation is 1. The van der Waals surface area contributed by atoms with Crippen LogP contribution in [0.25, 0.3) is 0 Å². The minimum atomic E-state index is 0.458.